The van der Waals surface area contributed by atoms with E-state index >= 15 is 0 Å². The standard InChI is InChI=1S/C12H25N7/c1-6-19(7-2)12-16-10(14-9(5)8(3)4)15-11(17-12)18-13/h8-9H,6-7,13H2,1-5H3,(H2,14,15,16,17,18). The van der Waals surface area contributed by atoms with Crippen molar-refractivity contribution in [3.8, 4) is 0 Å². The van der Waals surface area contributed by atoms with Crippen LogP contribution in [0.1, 0.15) is 34.6 Å². The van der Waals surface area contributed by atoms with E-state index in [1.807, 2.05) is 4.90 Å². The highest BCUT2D eigenvalue weighted by Gasteiger charge is 2.13. The third kappa shape index (κ3) is 4.20. The second-order valence-corrected chi connectivity index (χ2v) is 4.78. The lowest BCUT2D eigenvalue weighted by molar-refractivity contribution is 0.556. The van der Waals surface area contributed by atoms with Gasteiger partial charge >= 0.3 is 0 Å². The SMILES string of the molecule is CCN(CC)c1nc(NN)nc(NC(C)C(C)C)n1. The van der Waals surface area contributed by atoms with Gasteiger partial charge in [-0.3, -0.25) is 5.43 Å². The predicted molar refractivity (Wildman–Crippen MR) is 79.1 cm³/mol. The highest BCUT2D eigenvalue weighted by atomic mass is 15.4. The fourth-order valence-electron chi connectivity index (χ4n) is 1.51. The number of nitrogens with one attached hydrogen (secondary N) is 2. The quantitative estimate of drug-likeness (QED) is 0.509. The number of hydrogen-bond acceptors (Lipinski definition) is 7. The molecule has 0 aliphatic rings. The van der Waals surface area contributed by atoms with Crippen molar-refractivity contribution in [2.45, 2.75) is 40.7 Å². The molecule has 0 amide bonds. The molecule has 108 valence electrons. The Morgan fingerprint density at radius 3 is 2.11 bits per heavy atom. The molecule has 1 aromatic rings. The Bertz CT molecular complexity index is 390. The lowest BCUT2D eigenvalue weighted by Gasteiger charge is -2.21. The molecule has 1 heterocycles. The fourth-order valence-corrected chi connectivity index (χ4v) is 1.51. The Morgan fingerprint density at radius 1 is 1.05 bits per heavy atom. The molecule has 1 unspecified atom stereocenters. The van der Waals surface area contributed by atoms with Gasteiger partial charge in [0.15, 0.2) is 0 Å². The van der Waals surface area contributed by atoms with E-state index in [9.17, 15) is 0 Å². The minimum atomic E-state index is 0.276. The Balaban J connectivity index is 3.01. The fraction of sp³-hybridized carbons (Fsp3) is 0.750. The molecule has 0 saturated heterocycles. The molecule has 4 N–H and O–H groups in total. The number of hydrogen-bond donors (Lipinski definition) is 3. The lowest BCUT2D eigenvalue weighted by atomic mass is 10.1. The van der Waals surface area contributed by atoms with Crippen molar-refractivity contribution in [3.05, 3.63) is 0 Å². The van der Waals surface area contributed by atoms with E-state index in [-0.39, 0.29) is 6.04 Å². The number of rotatable bonds is 7. The van der Waals surface area contributed by atoms with Crippen molar-refractivity contribution in [1.82, 2.24) is 15.0 Å². The zero-order valence-electron chi connectivity index (χ0n) is 12.4. The van der Waals surface area contributed by atoms with E-state index in [1.165, 1.54) is 0 Å². The smallest absolute Gasteiger partial charge is 0.243 e. The van der Waals surface area contributed by atoms with Crippen LogP contribution in [0.5, 0.6) is 0 Å². The first-order valence-corrected chi connectivity index (χ1v) is 6.75. The zero-order chi connectivity index (χ0) is 14.4. The van der Waals surface area contributed by atoms with Gasteiger partial charge in [0.1, 0.15) is 0 Å². The summed E-state index contributed by atoms with van der Waals surface area (Å²) >= 11 is 0. The van der Waals surface area contributed by atoms with Crippen molar-refractivity contribution in [1.29, 1.82) is 0 Å². The Kier molecular flexibility index (Phi) is 5.75. The second kappa shape index (κ2) is 7.08. The van der Waals surface area contributed by atoms with Gasteiger partial charge in [-0.25, -0.2) is 5.84 Å². The summed E-state index contributed by atoms with van der Waals surface area (Å²) in [5.74, 6) is 7.45. The maximum atomic E-state index is 5.41. The summed E-state index contributed by atoms with van der Waals surface area (Å²) in [6, 6.07) is 0.276. The Labute approximate surface area is 115 Å². The normalized spacial score (nSPS) is 12.4. The average molecular weight is 267 g/mol. The van der Waals surface area contributed by atoms with Crippen LogP contribution >= 0.6 is 0 Å². The Hall–Kier alpha value is -1.63. The maximum absolute atomic E-state index is 5.41. The van der Waals surface area contributed by atoms with E-state index in [1.54, 1.807) is 0 Å². The third-order valence-electron chi connectivity index (χ3n) is 3.16. The molecule has 1 rings (SSSR count). The number of hydrazine groups is 1. The van der Waals surface area contributed by atoms with E-state index in [4.69, 9.17) is 5.84 Å². The van der Waals surface area contributed by atoms with Gasteiger partial charge in [0, 0.05) is 19.1 Å². The molecule has 0 saturated carbocycles. The zero-order valence-corrected chi connectivity index (χ0v) is 12.4. The topological polar surface area (TPSA) is 92.0 Å². The van der Waals surface area contributed by atoms with Crippen molar-refractivity contribution < 1.29 is 0 Å². The minimum Gasteiger partial charge on any atom is -0.351 e. The summed E-state index contributed by atoms with van der Waals surface area (Å²) in [7, 11) is 0. The van der Waals surface area contributed by atoms with Gasteiger partial charge in [0.05, 0.1) is 0 Å². The first kappa shape index (κ1) is 15.4. The van der Waals surface area contributed by atoms with Crippen LogP contribution in [0.25, 0.3) is 0 Å². The summed E-state index contributed by atoms with van der Waals surface area (Å²) < 4.78 is 0. The molecular weight excluding hydrogens is 242 g/mol. The largest absolute Gasteiger partial charge is 0.351 e. The number of nitrogen functional groups attached to an aromatic ring is 1. The molecule has 7 heteroatoms. The van der Waals surface area contributed by atoms with Gasteiger partial charge in [0.25, 0.3) is 0 Å². The van der Waals surface area contributed by atoms with Crippen molar-refractivity contribution in [2.75, 3.05) is 28.7 Å². The molecular formula is C12H25N7. The van der Waals surface area contributed by atoms with E-state index < -0.39 is 0 Å². The maximum Gasteiger partial charge on any atom is 0.243 e. The molecule has 0 fully saturated rings. The first-order chi connectivity index (χ1) is 9.01. The highest BCUT2D eigenvalue weighted by Crippen LogP contribution is 2.15. The molecule has 0 aliphatic heterocycles. The Morgan fingerprint density at radius 2 is 1.63 bits per heavy atom. The molecule has 19 heavy (non-hydrogen) atoms. The number of aromatic nitrogens is 3. The molecule has 0 spiro atoms. The van der Waals surface area contributed by atoms with Crippen LogP contribution in [-0.4, -0.2) is 34.1 Å². The second-order valence-electron chi connectivity index (χ2n) is 4.78. The van der Waals surface area contributed by atoms with Crippen LogP contribution in [0.4, 0.5) is 17.8 Å². The number of nitrogens with zero attached hydrogens (tertiary/aromatic N) is 4. The highest BCUT2D eigenvalue weighted by molar-refractivity contribution is 5.43. The first-order valence-electron chi connectivity index (χ1n) is 6.75. The molecule has 0 bridgehead atoms. The van der Waals surface area contributed by atoms with Crippen LogP contribution in [0, 0.1) is 5.92 Å². The van der Waals surface area contributed by atoms with E-state index in [2.05, 4.69) is 60.3 Å². The number of anilines is 3. The van der Waals surface area contributed by atoms with Crippen LogP contribution in [0.2, 0.25) is 0 Å². The monoisotopic (exact) mass is 267 g/mol. The molecule has 1 aromatic heterocycles. The molecule has 1 atom stereocenters. The van der Waals surface area contributed by atoms with Gasteiger partial charge in [-0.1, -0.05) is 13.8 Å². The minimum absolute atomic E-state index is 0.276. The van der Waals surface area contributed by atoms with E-state index in [0.29, 0.717) is 23.8 Å². The molecule has 0 aliphatic carbocycles. The summed E-state index contributed by atoms with van der Waals surface area (Å²) in [6.07, 6.45) is 0. The van der Waals surface area contributed by atoms with Crippen molar-refractivity contribution >= 4 is 17.8 Å². The molecule has 7 nitrogen and oxygen atoms in total. The number of nitrogens with two attached hydrogens (primary N) is 1. The van der Waals surface area contributed by atoms with E-state index in [0.717, 1.165) is 13.1 Å². The molecule has 0 aromatic carbocycles. The van der Waals surface area contributed by atoms with Gasteiger partial charge in [-0.2, -0.15) is 15.0 Å². The van der Waals surface area contributed by atoms with Crippen LogP contribution in [-0.2, 0) is 0 Å². The van der Waals surface area contributed by atoms with Crippen molar-refractivity contribution in [3.63, 3.8) is 0 Å². The predicted octanol–water partition coefficient (Wildman–Crippen LogP) is 1.46. The van der Waals surface area contributed by atoms with Gasteiger partial charge in [-0.05, 0) is 26.7 Å². The van der Waals surface area contributed by atoms with Crippen LogP contribution in [0.15, 0.2) is 0 Å². The average Bonchev–Trinajstić information content (AvgIpc) is 2.39. The summed E-state index contributed by atoms with van der Waals surface area (Å²) in [5, 5.41) is 3.28. The van der Waals surface area contributed by atoms with Gasteiger partial charge in [-0.15, -0.1) is 0 Å². The van der Waals surface area contributed by atoms with Crippen LogP contribution < -0.4 is 21.5 Å². The molecule has 0 radical (unpaired) electrons. The van der Waals surface area contributed by atoms with Gasteiger partial charge in [0.2, 0.25) is 17.8 Å². The summed E-state index contributed by atoms with van der Waals surface area (Å²) in [6.45, 7) is 12.2. The summed E-state index contributed by atoms with van der Waals surface area (Å²) in [5.41, 5.74) is 2.48. The summed E-state index contributed by atoms with van der Waals surface area (Å²) in [4.78, 5) is 15.0. The lowest BCUT2D eigenvalue weighted by Crippen LogP contribution is -2.28. The van der Waals surface area contributed by atoms with Gasteiger partial charge < -0.3 is 10.2 Å². The van der Waals surface area contributed by atoms with Crippen LogP contribution in [0.3, 0.4) is 0 Å². The van der Waals surface area contributed by atoms with Crippen molar-refractivity contribution in [2.24, 2.45) is 11.8 Å². The third-order valence-corrected chi connectivity index (χ3v) is 3.16.